The van der Waals surface area contributed by atoms with Crippen LogP contribution in [0.25, 0.3) is 0 Å². The number of aryl methyl sites for hydroxylation is 3. The number of aromatic nitrogens is 1. The van der Waals surface area contributed by atoms with Crippen LogP contribution in [0.2, 0.25) is 0 Å². The van der Waals surface area contributed by atoms with Gasteiger partial charge in [0, 0.05) is 5.38 Å². The van der Waals surface area contributed by atoms with E-state index in [2.05, 4.69) is 17.3 Å². The minimum Gasteiger partial charge on any atom is -0.247 e. The Kier molecular flexibility index (Phi) is 7.59. The van der Waals surface area contributed by atoms with Crippen LogP contribution in [0.3, 0.4) is 0 Å². The van der Waals surface area contributed by atoms with Crippen molar-refractivity contribution >= 4 is 11.3 Å². The molecule has 0 fully saturated rings. The zero-order valence-electron chi connectivity index (χ0n) is 13.2. The Morgan fingerprint density at radius 3 is 2.18 bits per heavy atom. The van der Waals surface area contributed by atoms with Gasteiger partial charge in [0.2, 0.25) is 0 Å². The summed E-state index contributed by atoms with van der Waals surface area (Å²) in [5.74, 6) is 0. The maximum atomic E-state index is 12.4. The Morgan fingerprint density at radius 1 is 1.05 bits per heavy atom. The van der Waals surface area contributed by atoms with E-state index in [1.807, 2.05) is 13.8 Å². The van der Waals surface area contributed by atoms with E-state index in [0.29, 0.717) is 12.0 Å². The summed E-state index contributed by atoms with van der Waals surface area (Å²) >= 11 is 1.73. The fourth-order valence-electron chi connectivity index (χ4n) is 2.06. The van der Waals surface area contributed by atoms with Crippen LogP contribution in [0, 0.1) is 6.92 Å². The lowest BCUT2D eigenvalue weighted by Crippen LogP contribution is -2.08. The highest BCUT2D eigenvalue weighted by atomic mass is 32.1. The summed E-state index contributed by atoms with van der Waals surface area (Å²) in [6, 6.07) is 5.72. The standard InChI is InChI=1S/C10H11F3.C7H11NS/c1-2-5-8-6-3-4-7-9(8)10(11,12)13;1-3-4-7-5-9-6(2)8-7/h3-4,6-7H,2,5H2,1H3;5H,3-4H2,1-2H3. The number of halogens is 3. The van der Waals surface area contributed by atoms with Gasteiger partial charge in [0.05, 0.1) is 16.3 Å². The van der Waals surface area contributed by atoms with Crippen LogP contribution in [0.5, 0.6) is 0 Å². The lowest BCUT2D eigenvalue weighted by Gasteiger charge is -2.11. The third kappa shape index (κ3) is 6.18. The maximum absolute atomic E-state index is 12.4. The van der Waals surface area contributed by atoms with Gasteiger partial charge in [-0.05, 0) is 31.4 Å². The normalized spacial score (nSPS) is 11.0. The van der Waals surface area contributed by atoms with Crippen molar-refractivity contribution in [3.05, 3.63) is 51.5 Å². The summed E-state index contributed by atoms with van der Waals surface area (Å²) in [6.45, 7) is 6.09. The summed E-state index contributed by atoms with van der Waals surface area (Å²) in [4.78, 5) is 4.32. The topological polar surface area (TPSA) is 12.9 Å². The Labute approximate surface area is 134 Å². The molecule has 1 aromatic heterocycles. The van der Waals surface area contributed by atoms with Crippen molar-refractivity contribution in [3.63, 3.8) is 0 Å². The molecule has 0 aliphatic carbocycles. The lowest BCUT2D eigenvalue weighted by molar-refractivity contribution is -0.138. The van der Waals surface area contributed by atoms with Crippen LogP contribution in [-0.4, -0.2) is 4.98 Å². The summed E-state index contributed by atoms with van der Waals surface area (Å²) < 4.78 is 37.1. The molecule has 1 heterocycles. The van der Waals surface area contributed by atoms with Crippen LogP contribution in [0.15, 0.2) is 29.6 Å². The first kappa shape index (κ1) is 18.7. The van der Waals surface area contributed by atoms with Crippen molar-refractivity contribution in [2.45, 2.75) is 52.6 Å². The first-order valence-corrected chi connectivity index (χ1v) is 8.32. The van der Waals surface area contributed by atoms with Gasteiger partial charge in [0.15, 0.2) is 0 Å². The quantitative estimate of drug-likeness (QED) is 0.664. The highest BCUT2D eigenvalue weighted by molar-refractivity contribution is 7.09. The van der Waals surface area contributed by atoms with Crippen molar-refractivity contribution in [3.8, 4) is 0 Å². The number of hydrogen-bond donors (Lipinski definition) is 0. The highest BCUT2D eigenvalue weighted by Crippen LogP contribution is 2.32. The van der Waals surface area contributed by atoms with Crippen LogP contribution < -0.4 is 0 Å². The fourth-order valence-corrected chi connectivity index (χ4v) is 2.71. The monoisotopic (exact) mass is 329 g/mol. The maximum Gasteiger partial charge on any atom is 0.416 e. The zero-order valence-corrected chi connectivity index (χ0v) is 14.0. The van der Waals surface area contributed by atoms with Crippen LogP contribution in [0.4, 0.5) is 13.2 Å². The molecule has 0 saturated carbocycles. The largest absolute Gasteiger partial charge is 0.416 e. The average Bonchev–Trinajstić information content (AvgIpc) is 2.85. The molecule has 0 aliphatic heterocycles. The van der Waals surface area contributed by atoms with E-state index >= 15 is 0 Å². The SMILES string of the molecule is CCCc1ccccc1C(F)(F)F.CCCc1csc(C)n1. The highest BCUT2D eigenvalue weighted by Gasteiger charge is 2.32. The second kappa shape index (κ2) is 8.93. The molecule has 0 aliphatic rings. The first-order chi connectivity index (χ1) is 10.4. The van der Waals surface area contributed by atoms with Gasteiger partial charge in [0.25, 0.3) is 0 Å². The van der Waals surface area contributed by atoms with Crippen molar-refractivity contribution in [2.24, 2.45) is 0 Å². The molecule has 1 aromatic carbocycles. The number of rotatable bonds is 4. The van der Waals surface area contributed by atoms with Gasteiger partial charge in [-0.25, -0.2) is 4.98 Å². The van der Waals surface area contributed by atoms with Crippen LogP contribution >= 0.6 is 11.3 Å². The smallest absolute Gasteiger partial charge is 0.247 e. The number of benzene rings is 1. The van der Waals surface area contributed by atoms with E-state index in [0.717, 1.165) is 18.9 Å². The molecule has 0 atom stereocenters. The van der Waals surface area contributed by atoms with Gasteiger partial charge < -0.3 is 0 Å². The lowest BCUT2D eigenvalue weighted by atomic mass is 10.0. The van der Waals surface area contributed by atoms with Gasteiger partial charge in [-0.3, -0.25) is 0 Å². The molecular formula is C17H22F3NS. The van der Waals surface area contributed by atoms with Gasteiger partial charge in [0.1, 0.15) is 0 Å². The summed E-state index contributed by atoms with van der Waals surface area (Å²) in [7, 11) is 0. The minimum atomic E-state index is -4.22. The van der Waals surface area contributed by atoms with Crippen LogP contribution in [0.1, 0.15) is 48.5 Å². The molecule has 5 heteroatoms. The Balaban J connectivity index is 0.000000235. The molecule has 0 saturated heterocycles. The Hall–Kier alpha value is -1.36. The molecule has 122 valence electrons. The Morgan fingerprint density at radius 2 is 1.68 bits per heavy atom. The summed E-state index contributed by atoms with van der Waals surface area (Å²) in [6.07, 6.45) is -0.679. The average molecular weight is 329 g/mol. The molecule has 0 bridgehead atoms. The van der Waals surface area contributed by atoms with E-state index < -0.39 is 11.7 Å². The molecule has 0 unspecified atom stereocenters. The van der Waals surface area contributed by atoms with E-state index in [1.165, 1.54) is 29.3 Å². The van der Waals surface area contributed by atoms with Gasteiger partial charge >= 0.3 is 6.18 Å². The zero-order chi connectivity index (χ0) is 16.6. The van der Waals surface area contributed by atoms with E-state index in [1.54, 1.807) is 17.4 Å². The Bertz CT molecular complexity index is 561. The number of nitrogens with zero attached hydrogens (tertiary/aromatic N) is 1. The predicted molar refractivity (Wildman–Crippen MR) is 86.3 cm³/mol. The third-order valence-corrected chi connectivity index (χ3v) is 3.84. The molecule has 0 radical (unpaired) electrons. The van der Waals surface area contributed by atoms with Crippen molar-refractivity contribution in [1.29, 1.82) is 0 Å². The van der Waals surface area contributed by atoms with Gasteiger partial charge in [-0.1, -0.05) is 44.9 Å². The van der Waals surface area contributed by atoms with E-state index in [9.17, 15) is 13.2 Å². The third-order valence-electron chi connectivity index (χ3n) is 3.01. The molecule has 2 rings (SSSR count). The number of thiazole rings is 1. The number of alkyl halides is 3. The molecule has 22 heavy (non-hydrogen) atoms. The molecule has 1 nitrogen and oxygen atoms in total. The first-order valence-electron chi connectivity index (χ1n) is 7.44. The van der Waals surface area contributed by atoms with Gasteiger partial charge in [-0.15, -0.1) is 11.3 Å². The van der Waals surface area contributed by atoms with Crippen molar-refractivity contribution in [2.75, 3.05) is 0 Å². The minimum absolute atomic E-state index is 0.387. The molecule has 0 N–H and O–H groups in total. The predicted octanol–water partition coefficient (Wildman–Crippen LogP) is 6.06. The molecule has 0 amide bonds. The summed E-state index contributed by atoms with van der Waals surface area (Å²) in [5, 5.41) is 3.32. The van der Waals surface area contributed by atoms with E-state index in [-0.39, 0.29) is 0 Å². The second-order valence-corrected chi connectivity index (χ2v) is 6.07. The second-order valence-electron chi connectivity index (χ2n) is 5.01. The summed E-state index contributed by atoms with van der Waals surface area (Å²) in [5.41, 5.74) is 1.13. The van der Waals surface area contributed by atoms with E-state index in [4.69, 9.17) is 0 Å². The van der Waals surface area contributed by atoms with Crippen molar-refractivity contribution < 1.29 is 13.2 Å². The van der Waals surface area contributed by atoms with Crippen molar-refractivity contribution in [1.82, 2.24) is 4.98 Å². The number of hydrogen-bond acceptors (Lipinski definition) is 2. The molecule has 0 spiro atoms. The fraction of sp³-hybridized carbons (Fsp3) is 0.471. The molecular weight excluding hydrogens is 307 g/mol. The van der Waals surface area contributed by atoms with Crippen LogP contribution in [-0.2, 0) is 19.0 Å². The van der Waals surface area contributed by atoms with Gasteiger partial charge in [-0.2, -0.15) is 13.2 Å². The molecule has 2 aromatic rings.